The molecule has 0 heterocycles. The van der Waals surface area contributed by atoms with E-state index in [4.69, 9.17) is 4.74 Å². The van der Waals surface area contributed by atoms with Gasteiger partial charge in [-0.15, -0.1) is 0 Å². The summed E-state index contributed by atoms with van der Waals surface area (Å²) in [4.78, 5) is 0. The zero-order chi connectivity index (χ0) is 15.3. The molecule has 3 nitrogen and oxygen atoms in total. The van der Waals surface area contributed by atoms with Gasteiger partial charge in [0.1, 0.15) is 18.2 Å². The maximum Gasteiger partial charge on any atom is 0.127 e. The molecule has 21 heavy (non-hydrogen) atoms. The van der Waals surface area contributed by atoms with Gasteiger partial charge in [-0.05, 0) is 32.4 Å². The summed E-state index contributed by atoms with van der Waals surface area (Å²) >= 11 is 0. The first-order valence-electron chi connectivity index (χ1n) is 7.92. The highest BCUT2D eigenvalue weighted by atomic mass is 19.1. The molecule has 1 unspecified atom stereocenters. The van der Waals surface area contributed by atoms with Gasteiger partial charge in [-0.3, -0.25) is 0 Å². The number of ether oxygens (including phenoxy) is 1. The van der Waals surface area contributed by atoms with Crippen LogP contribution in [0.15, 0.2) is 18.2 Å². The Kier molecular flexibility index (Phi) is 5.59. The van der Waals surface area contributed by atoms with Crippen LogP contribution in [0.2, 0.25) is 0 Å². The third kappa shape index (κ3) is 4.42. The summed E-state index contributed by atoms with van der Waals surface area (Å²) in [6.45, 7) is 5.13. The molecule has 0 amide bonds. The van der Waals surface area contributed by atoms with E-state index in [1.165, 1.54) is 18.6 Å². The minimum absolute atomic E-state index is 0.0894. The van der Waals surface area contributed by atoms with Gasteiger partial charge in [0.05, 0.1) is 5.60 Å². The van der Waals surface area contributed by atoms with Crippen LogP contribution >= 0.6 is 0 Å². The van der Waals surface area contributed by atoms with Crippen LogP contribution in [0.25, 0.3) is 0 Å². The average molecular weight is 295 g/mol. The molecule has 1 saturated carbocycles. The van der Waals surface area contributed by atoms with E-state index in [9.17, 15) is 9.50 Å². The van der Waals surface area contributed by atoms with Crippen LogP contribution in [0, 0.1) is 5.82 Å². The van der Waals surface area contributed by atoms with E-state index >= 15 is 0 Å². The minimum Gasteiger partial charge on any atom is -0.490 e. The van der Waals surface area contributed by atoms with E-state index in [1.54, 1.807) is 6.07 Å². The zero-order valence-corrected chi connectivity index (χ0v) is 13.0. The molecule has 1 aliphatic carbocycles. The highest BCUT2D eigenvalue weighted by molar-refractivity contribution is 5.36. The molecule has 1 fully saturated rings. The number of rotatable bonds is 6. The predicted octanol–water partition coefficient (Wildman–Crippen LogP) is 3.57. The maximum absolute atomic E-state index is 13.5. The van der Waals surface area contributed by atoms with Crippen molar-refractivity contribution in [2.24, 2.45) is 0 Å². The van der Waals surface area contributed by atoms with E-state index in [2.05, 4.69) is 5.32 Å². The largest absolute Gasteiger partial charge is 0.490 e. The van der Waals surface area contributed by atoms with E-state index in [-0.39, 0.29) is 18.5 Å². The Labute approximate surface area is 126 Å². The molecule has 1 atom stereocenters. The van der Waals surface area contributed by atoms with Crippen LogP contribution in [0.3, 0.4) is 0 Å². The normalized spacial score (nSPS) is 19.2. The number of hydrogen-bond donors (Lipinski definition) is 2. The third-order valence-electron chi connectivity index (χ3n) is 4.23. The fraction of sp³-hybridized carbons (Fsp3) is 0.647. The molecule has 4 heteroatoms. The van der Waals surface area contributed by atoms with Gasteiger partial charge in [-0.1, -0.05) is 32.3 Å². The van der Waals surface area contributed by atoms with Crippen LogP contribution in [-0.4, -0.2) is 23.9 Å². The molecular weight excluding hydrogens is 269 g/mol. The fourth-order valence-corrected chi connectivity index (χ4v) is 2.97. The lowest BCUT2D eigenvalue weighted by molar-refractivity contribution is -0.0342. The van der Waals surface area contributed by atoms with Crippen molar-refractivity contribution in [2.45, 2.75) is 57.6 Å². The average Bonchev–Trinajstić information content (AvgIpc) is 2.46. The molecule has 2 N–H and O–H groups in total. The highest BCUT2D eigenvalue weighted by Crippen LogP contribution is 2.31. The summed E-state index contributed by atoms with van der Waals surface area (Å²) in [5, 5.41) is 13.8. The SMILES string of the molecule is CCNC(C)c1ccc(F)cc1OCC1(O)CCCCC1. The van der Waals surface area contributed by atoms with Gasteiger partial charge in [0.25, 0.3) is 0 Å². The molecule has 0 radical (unpaired) electrons. The van der Waals surface area contributed by atoms with Crippen molar-refractivity contribution in [1.29, 1.82) is 0 Å². The Morgan fingerprint density at radius 3 is 2.71 bits per heavy atom. The van der Waals surface area contributed by atoms with Crippen LogP contribution in [-0.2, 0) is 0 Å². The number of nitrogens with one attached hydrogen (secondary N) is 1. The van der Waals surface area contributed by atoms with Crippen molar-refractivity contribution >= 4 is 0 Å². The van der Waals surface area contributed by atoms with Crippen LogP contribution in [0.4, 0.5) is 4.39 Å². The summed E-state index contributed by atoms with van der Waals surface area (Å²) in [5.74, 6) is 0.218. The van der Waals surface area contributed by atoms with Crippen molar-refractivity contribution in [3.63, 3.8) is 0 Å². The summed E-state index contributed by atoms with van der Waals surface area (Å²) in [7, 11) is 0. The fourth-order valence-electron chi connectivity index (χ4n) is 2.97. The molecule has 0 aromatic heterocycles. The first-order chi connectivity index (χ1) is 10.0. The van der Waals surface area contributed by atoms with Gasteiger partial charge in [0.2, 0.25) is 0 Å². The van der Waals surface area contributed by atoms with E-state index < -0.39 is 5.60 Å². The minimum atomic E-state index is -0.761. The highest BCUT2D eigenvalue weighted by Gasteiger charge is 2.30. The van der Waals surface area contributed by atoms with Gasteiger partial charge in [0.15, 0.2) is 0 Å². The summed E-state index contributed by atoms with van der Waals surface area (Å²) in [6.07, 6.45) is 4.76. The molecule has 0 aliphatic heterocycles. The van der Waals surface area contributed by atoms with Crippen molar-refractivity contribution in [1.82, 2.24) is 5.32 Å². The Balaban J connectivity index is 2.08. The second-order valence-electron chi connectivity index (χ2n) is 6.04. The predicted molar refractivity (Wildman–Crippen MR) is 82.0 cm³/mol. The molecule has 1 aliphatic rings. The van der Waals surface area contributed by atoms with Crippen molar-refractivity contribution in [2.75, 3.05) is 13.2 Å². The first-order valence-corrected chi connectivity index (χ1v) is 7.92. The van der Waals surface area contributed by atoms with Gasteiger partial charge in [-0.2, -0.15) is 0 Å². The van der Waals surface area contributed by atoms with Crippen molar-refractivity contribution in [3.8, 4) is 5.75 Å². The van der Waals surface area contributed by atoms with Crippen LogP contribution in [0.1, 0.15) is 57.6 Å². The molecule has 2 rings (SSSR count). The molecule has 1 aromatic carbocycles. The third-order valence-corrected chi connectivity index (χ3v) is 4.23. The molecule has 1 aromatic rings. The second kappa shape index (κ2) is 7.23. The molecular formula is C17H26FNO2. The van der Waals surface area contributed by atoms with Gasteiger partial charge < -0.3 is 15.2 Å². The van der Waals surface area contributed by atoms with Crippen LogP contribution < -0.4 is 10.1 Å². The van der Waals surface area contributed by atoms with Crippen molar-refractivity contribution in [3.05, 3.63) is 29.6 Å². The quantitative estimate of drug-likeness (QED) is 0.843. The Bertz CT molecular complexity index is 458. The summed E-state index contributed by atoms with van der Waals surface area (Å²) in [6, 6.07) is 4.70. The molecule has 0 bridgehead atoms. The van der Waals surface area contributed by atoms with E-state index in [1.807, 2.05) is 13.8 Å². The number of benzene rings is 1. The molecule has 0 saturated heterocycles. The lowest BCUT2D eigenvalue weighted by Crippen LogP contribution is -2.38. The summed E-state index contributed by atoms with van der Waals surface area (Å²) in [5.41, 5.74) is 0.168. The zero-order valence-electron chi connectivity index (χ0n) is 13.0. The maximum atomic E-state index is 13.5. The van der Waals surface area contributed by atoms with Gasteiger partial charge >= 0.3 is 0 Å². The Morgan fingerprint density at radius 1 is 1.33 bits per heavy atom. The monoisotopic (exact) mass is 295 g/mol. The topological polar surface area (TPSA) is 41.5 Å². The lowest BCUT2D eigenvalue weighted by atomic mass is 9.85. The summed E-state index contributed by atoms with van der Waals surface area (Å²) < 4.78 is 19.3. The number of halogens is 1. The second-order valence-corrected chi connectivity index (χ2v) is 6.04. The Hall–Kier alpha value is -1.13. The Morgan fingerprint density at radius 2 is 2.05 bits per heavy atom. The molecule has 118 valence electrons. The van der Waals surface area contributed by atoms with E-state index in [0.29, 0.717) is 5.75 Å². The number of aliphatic hydroxyl groups is 1. The number of hydrogen-bond acceptors (Lipinski definition) is 3. The molecule has 0 spiro atoms. The smallest absolute Gasteiger partial charge is 0.127 e. The van der Waals surface area contributed by atoms with Gasteiger partial charge in [-0.25, -0.2) is 4.39 Å². The van der Waals surface area contributed by atoms with Crippen molar-refractivity contribution < 1.29 is 14.2 Å². The lowest BCUT2D eigenvalue weighted by Gasteiger charge is -2.32. The van der Waals surface area contributed by atoms with Crippen LogP contribution in [0.5, 0.6) is 5.75 Å². The first kappa shape index (κ1) is 16.2. The van der Waals surface area contributed by atoms with E-state index in [0.717, 1.165) is 37.8 Å². The standard InChI is InChI=1S/C17H26FNO2/c1-3-19-13(2)15-8-7-14(18)11-16(15)21-12-17(20)9-5-4-6-10-17/h7-8,11,13,19-20H,3-6,9-10,12H2,1-2H3. The van der Waals surface area contributed by atoms with Gasteiger partial charge in [0, 0.05) is 17.7 Å².